The average Bonchev–Trinajstić information content (AvgIpc) is 3.72. The van der Waals surface area contributed by atoms with Crippen LogP contribution >= 0.6 is 0 Å². The van der Waals surface area contributed by atoms with E-state index in [1.807, 2.05) is 0 Å². The van der Waals surface area contributed by atoms with E-state index < -0.39 is 0 Å². The molecular weight excluding hydrogens is 649 g/mol. The Labute approximate surface area is 316 Å². The monoisotopic (exact) mass is 699 g/mol. The molecule has 0 amide bonds. The SMILES string of the molecule is COc1cc([C@H](C)c2ccccc2)c(N2C=[N+](c3c([C@H](C)c4ccccc4)cc(OC)cc3[C@H](C)c3ccccc3)CC2)c([C@H](C)c2ccccc2)c1. The van der Waals surface area contributed by atoms with Crippen LogP contribution in [0, 0.1) is 0 Å². The summed E-state index contributed by atoms with van der Waals surface area (Å²) in [6.07, 6.45) is 2.37. The van der Waals surface area contributed by atoms with Crippen LogP contribution in [-0.2, 0) is 0 Å². The Hall–Kier alpha value is -5.61. The van der Waals surface area contributed by atoms with Crippen molar-refractivity contribution in [1.82, 2.24) is 0 Å². The molecule has 0 fully saturated rings. The van der Waals surface area contributed by atoms with Crippen LogP contribution in [0.1, 0.15) is 95.9 Å². The van der Waals surface area contributed by atoms with Crippen molar-refractivity contribution in [1.29, 1.82) is 0 Å². The fourth-order valence-corrected chi connectivity index (χ4v) is 8.05. The highest BCUT2D eigenvalue weighted by molar-refractivity contribution is 5.84. The van der Waals surface area contributed by atoms with E-state index in [2.05, 4.69) is 189 Å². The van der Waals surface area contributed by atoms with E-state index in [9.17, 15) is 0 Å². The van der Waals surface area contributed by atoms with Crippen molar-refractivity contribution in [3.8, 4) is 11.5 Å². The van der Waals surface area contributed by atoms with E-state index in [4.69, 9.17) is 9.47 Å². The number of rotatable bonds is 12. The molecule has 4 nitrogen and oxygen atoms in total. The highest BCUT2D eigenvalue weighted by Crippen LogP contribution is 2.45. The molecule has 0 N–H and O–H groups in total. The first-order valence-electron chi connectivity index (χ1n) is 18.9. The molecule has 1 heterocycles. The lowest BCUT2D eigenvalue weighted by Crippen LogP contribution is -2.23. The molecule has 6 aromatic rings. The molecule has 53 heavy (non-hydrogen) atoms. The molecule has 0 aromatic heterocycles. The van der Waals surface area contributed by atoms with Gasteiger partial charge in [-0.2, -0.15) is 0 Å². The number of nitrogens with zero attached hydrogens (tertiary/aromatic N) is 2. The van der Waals surface area contributed by atoms with Gasteiger partial charge in [0, 0.05) is 45.9 Å². The molecule has 6 aromatic carbocycles. The molecule has 0 saturated heterocycles. The molecule has 1 aliphatic heterocycles. The molecule has 0 unspecified atom stereocenters. The van der Waals surface area contributed by atoms with Gasteiger partial charge in [0.1, 0.15) is 36.0 Å². The van der Waals surface area contributed by atoms with Crippen molar-refractivity contribution >= 4 is 17.7 Å². The Morgan fingerprint density at radius 2 is 0.792 bits per heavy atom. The Morgan fingerprint density at radius 1 is 0.472 bits per heavy atom. The van der Waals surface area contributed by atoms with Crippen molar-refractivity contribution in [3.63, 3.8) is 0 Å². The minimum atomic E-state index is 0.147. The van der Waals surface area contributed by atoms with Crippen LogP contribution in [0.15, 0.2) is 146 Å². The zero-order valence-electron chi connectivity index (χ0n) is 31.9. The zero-order valence-corrected chi connectivity index (χ0v) is 31.9. The maximum absolute atomic E-state index is 6.01. The van der Waals surface area contributed by atoms with Gasteiger partial charge in [-0.15, -0.1) is 0 Å². The van der Waals surface area contributed by atoms with Gasteiger partial charge in [0.15, 0.2) is 0 Å². The topological polar surface area (TPSA) is 24.7 Å². The van der Waals surface area contributed by atoms with Gasteiger partial charge in [-0.3, -0.25) is 0 Å². The summed E-state index contributed by atoms with van der Waals surface area (Å²) in [7, 11) is 3.56. The van der Waals surface area contributed by atoms with E-state index in [1.54, 1.807) is 14.2 Å². The summed E-state index contributed by atoms with van der Waals surface area (Å²) >= 11 is 0. The molecule has 7 rings (SSSR count). The van der Waals surface area contributed by atoms with E-state index >= 15 is 0 Å². The summed E-state index contributed by atoms with van der Waals surface area (Å²) in [6.45, 7) is 11.0. The van der Waals surface area contributed by atoms with E-state index in [0.717, 1.165) is 24.6 Å². The van der Waals surface area contributed by atoms with Crippen molar-refractivity contribution < 1.29 is 14.0 Å². The molecule has 268 valence electrons. The Balaban J connectivity index is 1.45. The van der Waals surface area contributed by atoms with Gasteiger partial charge in [0.05, 0.1) is 14.2 Å². The number of hydrogen-bond acceptors (Lipinski definition) is 3. The predicted octanol–water partition coefficient (Wildman–Crippen LogP) is 11.5. The lowest BCUT2D eigenvalue weighted by molar-refractivity contribution is -0.425. The number of benzene rings is 6. The van der Waals surface area contributed by atoms with Crippen LogP contribution in [0.3, 0.4) is 0 Å². The molecule has 0 bridgehead atoms. The van der Waals surface area contributed by atoms with E-state index in [1.165, 1.54) is 55.9 Å². The minimum absolute atomic E-state index is 0.147. The summed E-state index contributed by atoms with van der Waals surface area (Å²) in [5, 5.41) is 0. The lowest BCUT2D eigenvalue weighted by atomic mass is 9.84. The van der Waals surface area contributed by atoms with Crippen LogP contribution in [0.4, 0.5) is 11.4 Å². The summed E-state index contributed by atoms with van der Waals surface area (Å²) in [5.74, 6) is 2.35. The van der Waals surface area contributed by atoms with Gasteiger partial charge in [-0.05, 0) is 46.5 Å². The minimum Gasteiger partial charge on any atom is -0.497 e. The summed E-state index contributed by atoms with van der Waals surface area (Å²) < 4.78 is 14.5. The smallest absolute Gasteiger partial charge is 0.244 e. The van der Waals surface area contributed by atoms with Crippen LogP contribution in [-0.4, -0.2) is 38.2 Å². The van der Waals surface area contributed by atoms with Crippen LogP contribution in [0.25, 0.3) is 0 Å². The quantitative estimate of drug-likeness (QED) is 0.119. The standard InChI is InChI=1S/C49H51N2O2/c1-34(38-19-11-7-12-20-38)44-29-42(52-5)30-45(35(2)39-21-13-8-14-22-39)48(44)50-27-28-51(33-50)49-46(36(3)40-23-15-9-16-24-40)31-43(53-6)32-47(49)37(4)41-25-17-10-18-26-41/h7-26,29-37H,27-28H2,1-6H3/q+1/t34-,35-,36-,37-/m1/s1. The fourth-order valence-electron chi connectivity index (χ4n) is 8.05. The summed E-state index contributed by atoms with van der Waals surface area (Å²) in [5.41, 5.74) is 12.7. The number of methoxy groups -OCH3 is 2. The third kappa shape index (κ3) is 7.37. The average molecular weight is 700 g/mol. The predicted molar refractivity (Wildman–Crippen MR) is 220 cm³/mol. The first-order chi connectivity index (χ1) is 25.9. The van der Waals surface area contributed by atoms with Crippen molar-refractivity contribution in [2.24, 2.45) is 0 Å². The molecule has 4 heteroatoms. The second kappa shape index (κ2) is 16.0. The highest BCUT2D eigenvalue weighted by Gasteiger charge is 2.35. The summed E-state index contributed by atoms with van der Waals surface area (Å²) in [6, 6.07) is 52.4. The molecule has 1 aliphatic rings. The number of hydrogen-bond donors (Lipinski definition) is 0. The van der Waals surface area contributed by atoms with Crippen LogP contribution < -0.4 is 14.4 Å². The van der Waals surface area contributed by atoms with Gasteiger partial charge in [0.2, 0.25) is 6.34 Å². The fraction of sp³-hybridized carbons (Fsp3) is 0.245. The Bertz CT molecular complexity index is 2030. The van der Waals surface area contributed by atoms with Gasteiger partial charge < -0.3 is 9.47 Å². The largest absolute Gasteiger partial charge is 0.497 e. The maximum atomic E-state index is 6.01. The third-order valence-corrected chi connectivity index (χ3v) is 11.3. The molecule has 0 radical (unpaired) electrons. The number of ether oxygens (including phenoxy) is 2. The normalized spacial score (nSPS) is 15.0. The lowest BCUT2D eigenvalue weighted by Gasteiger charge is -2.25. The van der Waals surface area contributed by atoms with Gasteiger partial charge in [-0.25, -0.2) is 9.48 Å². The van der Waals surface area contributed by atoms with E-state index in [0.29, 0.717) is 0 Å². The summed E-state index contributed by atoms with van der Waals surface area (Å²) in [4.78, 5) is 2.50. The second-order valence-corrected chi connectivity index (χ2v) is 14.3. The molecule has 0 aliphatic carbocycles. The van der Waals surface area contributed by atoms with Crippen LogP contribution in [0.2, 0.25) is 0 Å². The van der Waals surface area contributed by atoms with E-state index in [-0.39, 0.29) is 23.7 Å². The molecular formula is C49H51N2O2+. The Kier molecular flexibility index (Phi) is 10.8. The van der Waals surface area contributed by atoms with Crippen LogP contribution in [0.5, 0.6) is 11.5 Å². The van der Waals surface area contributed by atoms with Gasteiger partial charge in [0.25, 0.3) is 0 Å². The molecule has 0 saturated carbocycles. The molecule has 4 atom stereocenters. The first kappa shape index (κ1) is 35.8. The van der Waals surface area contributed by atoms with Gasteiger partial charge >= 0.3 is 0 Å². The third-order valence-electron chi connectivity index (χ3n) is 11.3. The van der Waals surface area contributed by atoms with Crippen molar-refractivity contribution in [3.05, 3.63) is 190 Å². The van der Waals surface area contributed by atoms with Gasteiger partial charge in [-0.1, -0.05) is 149 Å². The second-order valence-electron chi connectivity index (χ2n) is 14.3. The maximum Gasteiger partial charge on any atom is 0.244 e. The number of anilines is 1. The first-order valence-corrected chi connectivity index (χ1v) is 18.9. The van der Waals surface area contributed by atoms with Crippen molar-refractivity contribution in [2.45, 2.75) is 51.4 Å². The molecule has 0 spiro atoms. The highest BCUT2D eigenvalue weighted by atomic mass is 16.5. The Morgan fingerprint density at radius 3 is 1.13 bits per heavy atom. The van der Waals surface area contributed by atoms with Crippen molar-refractivity contribution in [2.75, 3.05) is 32.2 Å². The zero-order chi connectivity index (χ0) is 36.9.